The number of aryl methyl sites for hydroxylation is 1. The molecule has 158 valence electrons. The van der Waals surface area contributed by atoms with Gasteiger partial charge in [0.25, 0.3) is 10.2 Å². The van der Waals surface area contributed by atoms with E-state index in [1.54, 1.807) is 12.1 Å². The van der Waals surface area contributed by atoms with Gasteiger partial charge in [-0.1, -0.05) is 29.8 Å². The molecule has 1 aromatic heterocycles. The summed E-state index contributed by atoms with van der Waals surface area (Å²) in [5, 5.41) is 3.26. The fourth-order valence-electron chi connectivity index (χ4n) is 3.15. The first-order chi connectivity index (χ1) is 13.4. The number of esters is 1. The summed E-state index contributed by atoms with van der Waals surface area (Å²) in [6.45, 7) is 3.54. The third-order valence-electron chi connectivity index (χ3n) is 4.61. The Kier molecular flexibility index (Phi) is 8.12. The summed E-state index contributed by atoms with van der Waals surface area (Å²) in [5.74, 6) is -0.485. The number of rotatable bonds is 6. The predicted octanol–water partition coefficient (Wildman–Crippen LogP) is 1.58. The average Bonchev–Trinajstić information content (AvgIpc) is 2.72. The molecule has 1 aromatic carbocycles. The van der Waals surface area contributed by atoms with Crippen molar-refractivity contribution in [2.24, 2.45) is 0 Å². The highest BCUT2D eigenvalue weighted by Crippen LogP contribution is 2.25. The maximum absolute atomic E-state index is 12.9. The number of benzene rings is 1. The molecule has 2 heterocycles. The Labute approximate surface area is 177 Å². The molecule has 2 N–H and O–H groups in total. The topological polar surface area (TPSA) is 101 Å². The molecule has 0 radical (unpaired) electrons. The van der Waals surface area contributed by atoms with Crippen molar-refractivity contribution < 1.29 is 17.9 Å². The van der Waals surface area contributed by atoms with Crippen molar-refractivity contribution in [3.63, 3.8) is 0 Å². The van der Waals surface area contributed by atoms with Crippen molar-refractivity contribution >= 4 is 28.6 Å². The van der Waals surface area contributed by atoms with Gasteiger partial charge in [-0.05, 0) is 24.6 Å². The lowest BCUT2D eigenvalue weighted by Crippen LogP contribution is -2.52. The number of carbonyl (C=O) groups is 1. The Morgan fingerprint density at radius 1 is 1.34 bits per heavy atom. The molecule has 1 aliphatic rings. The van der Waals surface area contributed by atoms with E-state index < -0.39 is 16.2 Å². The van der Waals surface area contributed by atoms with Crippen LogP contribution in [0.15, 0.2) is 42.6 Å². The molecule has 0 spiro atoms. The summed E-state index contributed by atoms with van der Waals surface area (Å²) in [6.07, 6.45) is 1.37. The lowest BCUT2D eigenvalue weighted by Gasteiger charge is -2.35. The molecule has 0 amide bonds. The van der Waals surface area contributed by atoms with Crippen molar-refractivity contribution in [2.75, 3.05) is 26.7 Å². The summed E-state index contributed by atoms with van der Waals surface area (Å²) in [4.78, 5) is 15.6. The summed E-state index contributed by atoms with van der Waals surface area (Å²) < 4.78 is 34.6. The number of nitrogens with zero attached hydrogens (tertiary/aromatic N) is 2. The molecular formula is C19H25ClN4O4S. The van der Waals surface area contributed by atoms with E-state index in [0.717, 1.165) is 11.1 Å². The second kappa shape index (κ2) is 10.1. The van der Waals surface area contributed by atoms with E-state index in [1.165, 1.54) is 17.6 Å². The first-order valence-corrected chi connectivity index (χ1v) is 10.4. The highest BCUT2D eigenvalue weighted by molar-refractivity contribution is 7.87. The van der Waals surface area contributed by atoms with Gasteiger partial charge in [-0.15, -0.1) is 12.4 Å². The van der Waals surface area contributed by atoms with Crippen molar-refractivity contribution in [2.45, 2.75) is 19.5 Å². The highest BCUT2D eigenvalue weighted by Gasteiger charge is 2.33. The van der Waals surface area contributed by atoms with Crippen LogP contribution in [0.25, 0.3) is 0 Å². The fraction of sp³-hybridized carbons (Fsp3) is 0.368. The Morgan fingerprint density at radius 3 is 2.79 bits per heavy atom. The number of aromatic nitrogens is 1. The van der Waals surface area contributed by atoms with Gasteiger partial charge in [0.2, 0.25) is 0 Å². The first-order valence-electron chi connectivity index (χ1n) is 8.97. The molecule has 1 unspecified atom stereocenters. The van der Waals surface area contributed by atoms with Crippen molar-refractivity contribution in [1.29, 1.82) is 0 Å². The third-order valence-corrected chi connectivity index (χ3v) is 6.18. The second-order valence-corrected chi connectivity index (χ2v) is 8.31. The van der Waals surface area contributed by atoms with Gasteiger partial charge in [-0.2, -0.15) is 17.4 Å². The largest absolute Gasteiger partial charge is 0.465 e. The minimum atomic E-state index is -3.71. The molecular weight excluding hydrogens is 416 g/mol. The minimum Gasteiger partial charge on any atom is -0.465 e. The molecule has 8 nitrogen and oxygen atoms in total. The third kappa shape index (κ3) is 5.74. The zero-order valence-corrected chi connectivity index (χ0v) is 17.9. The molecule has 10 heteroatoms. The molecule has 1 saturated heterocycles. The lowest BCUT2D eigenvalue weighted by molar-refractivity contribution is 0.0600. The Hall–Kier alpha value is -2.04. The monoisotopic (exact) mass is 440 g/mol. The molecule has 0 saturated carbocycles. The van der Waals surface area contributed by atoms with Crippen LogP contribution in [0.4, 0.5) is 0 Å². The van der Waals surface area contributed by atoms with Gasteiger partial charge in [0, 0.05) is 25.8 Å². The number of ether oxygens (including phenoxy) is 1. The summed E-state index contributed by atoms with van der Waals surface area (Å²) >= 11 is 0. The summed E-state index contributed by atoms with van der Waals surface area (Å²) in [6, 6.07) is 10.8. The van der Waals surface area contributed by atoms with Crippen LogP contribution in [0.3, 0.4) is 0 Å². The summed E-state index contributed by atoms with van der Waals surface area (Å²) in [7, 11) is -2.42. The molecule has 1 atom stereocenters. The van der Waals surface area contributed by atoms with Crippen molar-refractivity contribution in [3.05, 3.63) is 65.0 Å². The van der Waals surface area contributed by atoms with Crippen molar-refractivity contribution in [3.8, 4) is 0 Å². The van der Waals surface area contributed by atoms with Gasteiger partial charge in [-0.3, -0.25) is 4.98 Å². The maximum Gasteiger partial charge on any atom is 0.339 e. The predicted molar refractivity (Wildman–Crippen MR) is 112 cm³/mol. The molecule has 29 heavy (non-hydrogen) atoms. The van der Waals surface area contributed by atoms with Crippen LogP contribution in [0.1, 0.15) is 33.2 Å². The summed E-state index contributed by atoms with van der Waals surface area (Å²) in [5.41, 5.74) is 2.87. The van der Waals surface area contributed by atoms with Crippen LogP contribution < -0.4 is 10.0 Å². The van der Waals surface area contributed by atoms with Crippen LogP contribution in [-0.2, 0) is 21.5 Å². The standard InChI is InChI=1S/C19H24N4O4S.ClH/c1-14-4-3-5-15(10-14)18-13-20-8-9-23(18)28(25,26)22-12-17-7-6-16(11-21-17)19(24)27-2;/h3-7,10-11,18,20,22H,8-9,12-13H2,1-2H3;1H. The van der Waals surface area contributed by atoms with Crippen LogP contribution >= 0.6 is 12.4 Å². The van der Waals surface area contributed by atoms with E-state index in [1.807, 2.05) is 31.2 Å². The number of pyridine rings is 1. The van der Waals surface area contributed by atoms with E-state index in [2.05, 4.69) is 19.8 Å². The number of carbonyl (C=O) groups excluding carboxylic acids is 1. The van der Waals surface area contributed by atoms with E-state index in [9.17, 15) is 13.2 Å². The number of nitrogens with one attached hydrogen (secondary N) is 2. The normalized spacial score (nSPS) is 17.4. The van der Waals surface area contributed by atoms with E-state index >= 15 is 0 Å². The smallest absolute Gasteiger partial charge is 0.339 e. The van der Waals surface area contributed by atoms with Crippen LogP contribution in [0, 0.1) is 6.92 Å². The Morgan fingerprint density at radius 2 is 2.14 bits per heavy atom. The van der Waals surface area contributed by atoms with Gasteiger partial charge in [0.1, 0.15) is 0 Å². The van der Waals surface area contributed by atoms with Gasteiger partial charge in [-0.25, -0.2) is 4.79 Å². The van der Waals surface area contributed by atoms with Crippen LogP contribution in [0.5, 0.6) is 0 Å². The Balaban J connectivity index is 0.00000300. The number of hydrogen-bond donors (Lipinski definition) is 2. The molecule has 3 rings (SSSR count). The lowest BCUT2D eigenvalue weighted by atomic mass is 10.0. The molecule has 0 bridgehead atoms. The maximum atomic E-state index is 12.9. The zero-order valence-electron chi connectivity index (χ0n) is 16.3. The fourth-order valence-corrected chi connectivity index (χ4v) is 4.51. The van der Waals surface area contributed by atoms with Gasteiger partial charge < -0.3 is 10.1 Å². The second-order valence-electron chi connectivity index (χ2n) is 6.60. The van der Waals surface area contributed by atoms with Crippen LogP contribution in [-0.4, -0.2) is 50.4 Å². The average molecular weight is 441 g/mol. The SMILES string of the molecule is COC(=O)c1ccc(CNS(=O)(=O)N2CCNCC2c2cccc(C)c2)nc1.Cl. The van der Waals surface area contributed by atoms with E-state index in [0.29, 0.717) is 30.9 Å². The van der Waals surface area contributed by atoms with Gasteiger partial charge >= 0.3 is 5.97 Å². The molecule has 1 fully saturated rings. The van der Waals surface area contributed by atoms with Crippen molar-refractivity contribution in [1.82, 2.24) is 19.3 Å². The first kappa shape index (κ1) is 23.2. The van der Waals surface area contributed by atoms with Gasteiger partial charge in [0.15, 0.2) is 0 Å². The minimum absolute atomic E-state index is 0. The van der Waals surface area contributed by atoms with Crippen LogP contribution in [0.2, 0.25) is 0 Å². The van der Waals surface area contributed by atoms with Gasteiger partial charge in [0.05, 0.1) is 31.0 Å². The van der Waals surface area contributed by atoms with E-state index in [-0.39, 0.29) is 25.0 Å². The highest BCUT2D eigenvalue weighted by atomic mass is 35.5. The quantitative estimate of drug-likeness (QED) is 0.661. The number of halogens is 1. The number of hydrogen-bond acceptors (Lipinski definition) is 6. The number of piperazine rings is 1. The Bertz CT molecular complexity index is 937. The number of methoxy groups -OCH3 is 1. The van der Waals surface area contributed by atoms with E-state index in [4.69, 9.17) is 0 Å². The zero-order chi connectivity index (χ0) is 20.1. The molecule has 0 aliphatic carbocycles. The molecule has 1 aliphatic heterocycles. The molecule has 2 aromatic rings.